The first kappa shape index (κ1) is 12.4. The molecule has 0 aromatic heterocycles. The molecule has 2 aliphatic rings. The second kappa shape index (κ2) is 5.53. The maximum Gasteiger partial charge on any atom is 0.0103 e. The maximum atomic E-state index is 3.83. The highest BCUT2D eigenvalue weighted by atomic mass is 14.9. The Bertz CT molecular complexity index is 203. The number of hydrogen-bond acceptors (Lipinski definition) is 1. The van der Waals surface area contributed by atoms with E-state index in [1.165, 1.54) is 45.1 Å². The van der Waals surface area contributed by atoms with Crippen LogP contribution in [0.1, 0.15) is 59.3 Å². The Hall–Kier alpha value is -0.0400. The number of fused-ring (bicyclic) bond motifs is 1. The van der Waals surface area contributed by atoms with Crippen LogP contribution in [0.3, 0.4) is 0 Å². The van der Waals surface area contributed by atoms with Crippen molar-refractivity contribution in [3.05, 3.63) is 0 Å². The summed E-state index contributed by atoms with van der Waals surface area (Å²) in [6.07, 6.45) is 8.59. The summed E-state index contributed by atoms with van der Waals surface area (Å²) in [6.45, 7) is 8.24. The topological polar surface area (TPSA) is 12.0 Å². The van der Waals surface area contributed by atoms with Gasteiger partial charge in [0.05, 0.1) is 0 Å². The molecule has 0 radical (unpaired) electrons. The van der Waals surface area contributed by atoms with Crippen LogP contribution in [0.15, 0.2) is 0 Å². The Morgan fingerprint density at radius 3 is 2.44 bits per heavy atom. The average Bonchev–Trinajstić information content (AvgIpc) is 2.77. The molecule has 0 bridgehead atoms. The van der Waals surface area contributed by atoms with Crippen molar-refractivity contribution in [1.29, 1.82) is 0 Å². The highest BCUT2D eigenvalue weighted by Gasteiger charge is 2.55. The van der Waals surface area contributed by atoms with Gasteiger partial charge in [-0.25, -0.2) is 0 Å². The zero-order valence-corrected chi connectivity index (χ0v) is 11.3. The molecule has 0 aromatic carbocycles. The van der Waals surface area contributed by atoms with E-state index in [0.717, 1.165) is 29.7 Å². The molecule has 1 N–H and O–H groups in total. The summed E-state index contributed by atoms with van der Waals surface area (Å²) in [5, 5.41) is 3.83. The van der Waals surface area contributed by atoms with Crippen LogP contribution in [0, 0.1) is 23.7 Å². The van der Waals surface area contributed by atoms with Crippen LogP contribution in [-0.2, 0) is 0 Å². The molecule has 0 saturated heterocycles. The molecule has 16 heavy (non-hydrogen) atoms. The SMILES string of the molecule is CCCNC(CC(C)CC)C1C2CCCC21. The molecule has 2 aliphatic carbocycles. The number of rotatable bonds is 7. The highest BCUT2D eigenvalue weighted by molar-refractivity contribution is 5.06. The Kier molecular flexibility index (Phi) is 4.29. The van der Waals surface area contributed by atoms with E-state index in [0.29, 0.717) is 0 Å². The average molecular weight is 223 g/mol. The second-order valence-electron chi connectivity index (χ2n) is 6.15. The third-order valence-electron chi connectivity index (χ3n) is 4.95. The minimum atomic E-state index is 0.838. The van der Waals surface area contributed by atoms with Gasteiger partial charge < -0.3 is 5.32 Å². The number of nitrogens with one attached hydrogen (secondary N) is 1. The third-order valence-corrected chi connectivity index (χ3v) is 4.95. The van der Waals surface area contributed by atoms with Crippen molar-refractivity contribution in [3.63, 3.8) is 0 Å². The van der Waals surface area contributed by atoms with Crippen LogP contribution in [-0.4, -0.2) is 12.6 Å². The van der Waals surface area contributed by atoms with E-state index in [4.69, 9.17) is 0 Å². The van der Waals surface area contributed by atoms with Gasteiger partial charge in [0, 0.05) is 6.04 Å². The molecule has 0 aliphatic heterocycles. The molecular weight excluding hydrogens is 194 g/mol. The quantitative estimate of drug-likeness (QED) is 0.691. The predicted molar refractivity (Wildman–Crippen MR) is 70.5 cm³/mol. The zero-order valence-electron chi connectivity index (χ0n) is 11.3. The fourth-order valence-corrected chi connectivity index (χ4v) is 3.78. The van der Waals surface area contributed by atoms with Crippen LogP contribution >= 0.6 is 0 Å². The van der Waals surface area contributed by atoms with Gasteiger partial charge in [-0.1, -0.05) is 33.6 Å². The molecule has 4 atom stereocenters. The van der Waals surface area contributed by atoms with Crippen molar-refractivity contribution in [2.75, 3.05) is 6.54 Å². The van der Waals surface area contributed by atoms with Gasteiger partial charge in [-0.2, -0.15) is 0 Å². The first-order chi connectivity index (χ1) is 7.77. The second-order valence-corrected chi connectivity index (χ2v) is 6.15. The van der Waals surface area contributed by atoms with Crippen LogP contribution in [0.2, 0.25) is 0 Å². The van der Waals surface area contributed by atoms with Gasteiger partial charge >= 0.3 is 0 Å². The first-order valence-electron chi connectivity index (χ1n) is 7.51. The van der Waals surface area contributed by atoms with Crippen molar-refractivity contribution in [1.82, 2.24) is 5.32 Å². The van der Waals surface area contributed by atoms with Crippen molar-refractivity contribution >= 4 is 0 Å². The fourth-order valence-electron chi connectivity index (χ4n) is 3.78. The van der Waals surface area contributed by atoms with E-state index in [2.05, 4.69) is 26.1 Å². The van der Waals surface area contributed by atoms with Crippen molar-refractivity contribution in [2.45, 2.75) is 65.3 Å². The molecule has 1 nitrogen and oxygen atoms in total. The summed E-state index contributed by atoms with van der Waals surface area (Å²) in [6, 6.07) is 0.838. The predicted octanol–water partition coefficient (Wildman–Crippen LogP) is 3.84. The van der Waals surface area contributed by atoms with Crippen LogP contribution < -0.4 is 5.32 Å². The summed E-state index contributed by atoms with van der Waals surface area (Å²) in [7, 11) is 0. The van der Waals surface area contributed by atoms with Crippen LogP contribution in [0.5, 0.6) is 0 Å². The molecule has 0 spiro atoms. The smallest absolute Gasteiger partial charge is 0.0103 e. The van der Waals surface area contributed by atoms with Crippen LogP contribution in [0.25, 0.3) is 0 Å². The minimum Gasteiger partial charge on any atom is -0.314 e. The molecule has 0 aromatic rings. The summed E-state index contributed by atoms with van der Waals surface area (Å²) < 4.78 is 0. The van der Waals surface area contributed by atoms with Gasteiger partial charge in [0.1, 0.15) is 0 Å². The van der Waals surface area contributed by atoms with E-state index in [1.54, 1.807) is 0 Å². The van der Waals surface area contributed by atoms with E-state index in [9.17, 15) is 0 Å². The summed E-state index contributed by atoms with van der Waals surface area (Å²) in [4.78, 5) is 0. The van der Waals surface area contributed by atoms with Crippen LogP contribution in [0.4, 0.5) is 0 Å². The Morgan fingerprint density at radius 1 is 1.19 bits per heavy atom. The largest absolute Gasteiger partial charge is 0.314 e. The van der Waals surface area contributed by atoms with E-state index < -0.39 is 0 Å². The molecule has 94 valence electrons. The zero-order chi connectivity index (χ0) is 11.5. The van der Waals surface area contributed by atoms with Gasteiger partial charge in [-0.3, -0.25) is 0 Å². The standard InChI is InChI=1S/C15H29N/c1-4-9-16-14(10-11(3)5-2)15-12-7-6-8-13(12)15/h11-16H,4-10H2,1-3H3. The lowest BCUT2D eigenvalue weighted by molar-refractivity contribution is 0.333. The van der Waals surface area contributed by atoms with E-state index in [-0.39, 0.29) is 0 Å². The first-order valence-corrected chi connectivity index (χ1v) is 7.51. The lowest BCUT2D eigenvalue weighted by Crippen LogP contribution is -2.34. The molecule has 0 amide bonds. The lowest BCUT2D eigenvalue weighted by Gasteiger charge is -2.23. The van der Waals surface area contributed by atoms with Gasteiger partial charge in [0.2, 0.25) is 0 Å². The van der Waals surface area contributed by atoms with Gasteiger partial charge in [-0.15, -0.1) is 0 Å². The molecule has 1 heteroatoms. The molecule has 4 unspecified atom stereocenters. The normalized spacial score (nSPS) is 35.8. The highest BCUT2D eigenvalue weighted by Crippen LogP contribution is 2.59. The van der Waals surface area contributed by atoms with Gasteiger partial charge in [0.25, 0.3) is 0 Å². The molecule has 2 rings (SSSR count). The van der Waals surface area contributed by atoms with Crippen molar-refractivity contribution < 1.29 is 0 Å². The third kappa shape index (κ3) is 2.61. The summed E-state index contributed by atoms with van der Waals surface area (Å²) in [5.74, 6) is 4.17. The van der Waals surface area contributed by atoms with Crippen molar-refractivity contribution in [2.24, 2.45) is 23.7 Å². The summed E-state index contributed by atoms with van der Waals surface area (Å²) >= 11 is 0. The van der Waals surface area contributed by atoms with Gasteiger partial charge in [0.15, 0.2) is 0 Å². The molecule has 2 saturated carbocycles. The maximum absolute atomic E-state index is 3.83. The molecule has 2 fully saturated rings. The Balaban J connectivity index is 1.83. The van der Waals surface area contributed by atoms with Crippen molar-refractivity contribution in [3.8, 4) is 0 Å². The van der Waals surface area contributed by atoms with E-state index >= 15 is 0 Å². The molecular formula is C15H29N. The monoisotopic (exact) mass is 223 g/mol. The Labute approximate surface area is 101 Å². The van der Waals surface area contributed by atoms with Gasteiger partial charge in [-0.05, 0) is 55.9 Å². The molecule has 0 heterocycles. The van der Waals surface area contributed by atoms with E-state index in [1.807, 2.05) is 0 Å². The minimum absolute atomic E-state index is 0.838. The summed E-state index contributed by atoms with van der Waals surface area (Å²) in [5.41, 5.74) is 0. The lowest BCUT2D eigenvalue weighted by atomic mass is 9.93. The number of hydrogen-bond donors (Lipinski definition) is 1. The fraction of sp³-hybridized carbons (Fsp3) is 1.00. The Morgan fingerprint density at radius 2 is 1.88 bits per heavy atom.